The highest BCUT2D eigenvalue weighted by Gasteiger charge is 2.29. The third kappa shape index (κ3) is 4.47. The van der Waals surface area contributed by atoms with E-state index in [1.165, 1.54) is 0 Å². The molecule has 0 bridgehead atoms. The number of rotatable bonds is 5. The van der Waals surface area contributed by atoms with Crippen molar-refractivity contribution in [3.05, 3.63) is 77.0 Å². The number of H-pyrrole nitrogens is 1. The number of likely N-dealkylation sites (N-methyl/N-ethyl adjacent to an activating group) is 1. The highest BCUT2D eigenvalue weighted by Crippen LogP contribution is 2.29. The number of carbonyl (C=O) groups excluding carboxylic acids is 2. The van der Waals surface area contributed by atoms with Crippen molar-refractivity contribution in [1.82, 2.24) is 20.0 Å². The number of para-hydroxylation sites is 1. The number of aromatic nitrogens is 2. The first-order chi connectivity index (χ1) is 16.1. The molecule has 0 spiro atoms. The molecule has 2 aliphatic rings. The summed E-state index contributed by atoms with van der Waals surface area (Å²) in [6.07, 6.45) is 0.360. The molecule has 170 valence electrons. The predicted octanol–water partition coefficient (Wildman–Crippen LogP) is 2.50. The number of fused-ring (bicyclic) bond motifs is 1. The number of hydrogen-bond donors (Lipinski definition) is 2. The fourth-order valence-electron chi connectivity index (χ4n) is 4.47. The number of benzene rings is 2. The van der Waals surface area contributed by atoms with E-state index in [9.17, 15) is 9.59 Å². The minimum atomic E-state index is -0.187. The zero-order valence-electron chi connectivity index (χ0n) is 18.8. The molecule has 1 saturated heterocycles. The maximum absolute atomic E-state index is 13.2. The topological polar surface area (TPSA) is 84.6 Å². The summed E-state index contributed by atoms with van der Waals surface area (Å²) in [7, 11) is 2.11. The molecule has 2 N–H and O–H groups in total. The molecule has 0 unspecified atom stereocenters. The molecule has 0 radical (unpaired) electrons. The van der Waals surface area contributed by atoms with Gasteiger partial charge in [0.05, 0.1) is 30.8 Å². The molecule has 0 saturated carbocycles. The second-order valence-corrected chi connectivity index (χ2v) is 8.70. The lowest BCUT2D eigenvalue weighted by Gasteiger charge is -2.34. The van der Waals surface area contributed by atoms with Crippen molar-refractivity contribution in [2.45, 2.75) is 19.5 Å². The van der Waals surface area contributed by atoms with E-state index in [0.717, 1.165) is 48.7 Å². The predicted molar refractivity (Wildman–Crippen MR) is 127 cm³/mol. The largest absolute Gasteiger partial charge is 0.368 e. The third-order valence-corrected chi connectivity index (χ3v) is 6.43. The second-order valence-electron chi connectivity index (χ2n) is 8.70. The fourth-order valence-corrected chi connectivity index (χ4v) is 4.47. The van der Waals surface area contributed by atoms with Crippen LogP contribution in [0.5, 0.6) is 0 Å². The van der Waals surface area contributed by atoms with E-state index < -0.39 is 0 Å². The second kappa shape index (κ2) is 9.07. The number of amides is 2. The molecule has 33 heavy (non-hydrogen) atoms. The highest BCUT2D eigenvalue weighted by atomic mass is 16.2. The van der Waals surface area contributed by atoms with Crippen molar-refractivity contribution in [3.8, 4) is 0 Å². The summed E-state index contributed by atoms with van der Waals surface area (Å²) >= 11 is 0. The van der Waals surface area contributed by atoms with Gasteiger partial charge in [0.2, 0.25) is 5.91 Å². The van der Waals surface area contributed by atoms with Gasteiger partial charge in [-0.15, -0.1) is 0 Å². The third-order valence-electron chi connectivity index (χ3n) is 6.43. The quantitative estimate of drug-likeness (QED) is 0.632. The number of anilines is 2. The molecule has 0 atom stereocenters. The van der Waals surface area contributed by atoms with Crippen LogP contribution < -0.4 is 10.2 Å². The molecule has 1 aromatic heterocycles. The van der Waals surface area contributed by atoms with E-state index in [1.54, 1.807) is 4.90 Å². The van der Waals surface area contributed by atoms with Crippen molar-refractivity contribution in [2.75, 3.05) is 43.4 Å². The summed E-state index contributed by atoms with van der Waals surface area (Å²) in [6.45, 7) is 4.62. The van der Waals surface area contributed by atoms with Gasteiger partial charge in [0, 0.05) is 37.4 Å². The van der Waals surface area contributed by atoms with Crippen LogP contribution in [-0.2, 0) is 24.3 Å². The van der Waals surface area contributed by atoms with Gasteiger partial charge in [0.25, 0.3) is 5.91 Å². The van der Waals surface area contributed by atoms with Crippen LogP contribution in [-0.4, -0.2) is 65.0 Å². The highest BCUT2D eigenvalue weighted by molar-refractivity contribution is 6.08. The Kier molecular flexibility index (Phi) is 5.83. The van der Waals surface area contributed by atoms with E-state index in [-0.39, 0.29) is 11.8 Å². The van der Waals surface area contributed by atoms with Gasteiger partial charge in [-0.3, -0.25) is 14.7 Å². The standard InChI is InChI=1S/C25H28N6O2/c1-29-11-13-30(14-12-29)22-10-6-5-9-19(22)25(33)26-24-20-16-31(17-21(20)27-28-24)23(32)15-18-7-3-2-4-8-18/h2-10H,11-17H2,1H3,(H2,26,27,28,33). The van der Waals surface area contributed by atoms with Gasteiger partial charge in [-0.25, -0.2) is 0 Å². The van der Waals surface area contributed by atoms with Crippen LogP contribution in [0.1, 0.15) is 27.2 Å². The molecule has 8 nitrogen and oxygen atoms in total. The first-order valence-corrected chi connectivity index (χ1v) is 11.3. The van der Waals surface area contributed by atoms with Crippen LogP contribution in [0.2, 0.25) is 0 Å². The Balaban J connectivity index is 1.28. The summed E-state index contributed by atoms with van der Waals surface area (Å²) in [6, 6.07) is 17.4. The number of carbonyl (C=O) groups is 2. The lowest BCUT2D eigenvalue weighted by atomic mass is 10.1. The Hall–Kier alpha value is -3.65. The van der Waals surface area contributed by atoms with E-state index in [4.69, 9.17) is 0 Å². The molecule has 5 rings (SSSR count). The minimum Gasteiger partial charge on any atom is -0.368 e. The number of aromatic amines is 1. The van der Waals surface area contributed by atoms with Crippen LogP contribution >= 0.6 is 0 Å². The van der Waals surface area contributed by atoms with Gasteiger partial charge in [-0.1, -0.05) is 42.5 Å². The van der Waals surface area contributed by atoms with Crippen molar-refractivity contribution < 1.29 is 9.59 Å². The van der Waals surface area contributed by atoms with Gasteiger partial charge in [-0.2, -0.15) is 5.10 Å². The molecule has 2 amide bonds. The Morgan fingerprint density at radius 2 is 1.70 bits per heavy atom. The van der Waals surface area contributed by atoms with Crippen molar-refractivity contribution in [1.29, 1.82) is 0 Å². The monoisotopic (exact) mass is 444 g/mol. The van der Waals surface area contributed by atoms with Crippen molar-refractivity contribution in [3.63, 3.8) is 0 Å². The molecule has 2 aromatic carbocycles. The number of nitrogens with one attached hydrogen (secondary N) is 2. The molecule has 8 heteroatoms. The van der Waals surface area contributed by atoms with Crippen LogP contribution in [0.25, 0.3) is 0 Å². The van der Waals surface area contributed by atoms with Gasteiger partial charge in [0.1, 0.15) is 0 Å². The molecule has 3 heterocycles. The number of hydrogen-bond acceptors (Lipinski definition) is 5. The van der Waals surface area contributed by atoms with Crippen molar-refractivity contribution >= 4 is 23.3 Å². The van der Waals surface area contributed by atoms with E-state index in [0.29, 0.717) is 30.9 Å². The maximum atomic E-state index is 13.2. The van der Waals surface area contributed by atoms with Gasteiger partial charge < -0.3 is 20.0 Å². The zero-order chi connectivity index (χ0) is 22.8. The van der Waals surface area contributed by atoms with Gasteiger partial charge >= 0.3 is 0 Å². The van der Waals surface area contributed by atoms with Gasteiger partial charge in [-0.05, 0) is 24.7 Å². The molecule has 3 aromatic rings. The van der Waals surface area contributed by atoms with Crippen LogP contribution in [0.3, 0.4) is 0 Å². The summed E-state index contributed by atoms with van der Waals surface area (Å²) in [5.74, 6) is 0.370. The average Bonchev–Trinajstić information content (AvgIpc) is 3.42. The zero-order valence-corrected chi connectivity index (χ0v) is 18.8. The normalized spacial score (nSPS) is 16.0. The minimum absolute atomic E-state index is 0.0588. The molecule has 0 aliphatic carbocycles. The number of piperazine rings is 1. The smallest absolute Gasteiger partial charge is 0.258 e. The summed E-state index contributed by atoms with van der Waals surface area (Å²) in [5, 5.41) is 10.3. The Morgan fingerprint density at radius 1 is 0.970 bits per heavy atom. The van der Waals surface area contributed by atoms with E-state index in [1.807, 2.05) is 54.6 Å². The summed E-state index contributed by atoms with van der Waals surface area (Å²) in [4.78, 5) is 32.3. The summed E-state index contributed by atoms with van der Waals surface area (Å²) in [5.41, 5.74) is 4.31. The number of nitrogens with zero attached hydrogens (tertiary/aromatic N) is 4. The fraction of sp³-hybridized carbons (Fsp3) is 0.320. The SMILES string of the molecule is CN1CCN(c2ccccc2C(=O)Nc2n[nH]c3c2CN(C(=O)Cc2ccccc2)C3)CC1. The summed E-state index contributed by atoms with van der Waals surface area (Å²) < 4.78 is 0. The van der Waals surface area contributed by atoms with E-state index in [2.05, 4.69) is 32.4 Å². The van der Waals surface area contributed by atoms with Crippen LogP contribution in [0.15, 0.2) is 54.6 Å². The maximum Gasteiger partial charge on any atom is 0.258 e. The molecule has 1 fully saturated rings. The van der Waals surface area contributed by atoms with Gasteiger partial charge in [0.15, 0.2) is 5.82 Å². The first-order valence-electron chi connectivity index (χ1n) is 11.3. The lowest BCUT2D eigenvalue weighted by Crippen LogP contribution is -2.45. The van der Waals surface area contributed by atoms with Crippen LogP contribution in [0, 0.1) is 0 Å². The van der Waals surface area contributed by atoms with Crippen molar-refractivity contribution in [2.24, 2.45) is 0 Å². The average molecular weight is 445 g/mol. The van der Waals surface area contributed by atoms with Crippen LogP contribution in [0.4, 0.5) is 11.5 Å². The Labute approximate surface area is 193 Å². The lowest BCUT2D eigenvalue weighted by molar-refractivity contribution is -0.131. The first kappa shape index (κ1) is 21.2. The molecule has 2 aliphatic heterocycles. The molecular weight excluding hydrogens is 416 g/mol. The van der Waals surface area contributed by atoms with E-state index >= 15 is 0 Å². The Bertz CT molecular complexity index is 1150. The molecular formula is C25H28N6O2. The Morgan fingerprint density at radius 3 is 2.48 bits per heavy atom.